The number of carbonyl (C=O) groups is 3. The van der Waals surface area contributed by atoms with Crippen LogP contribution in [0.25, 0.3) is 0 Å². The van der Waals surface area contributed by atoms with Gasteiger partial charge < -0.3 is 18.9 Å². The zero-order valence-electron chi connectivity index (χ0n) is 26.6. The van der Waals surface area contributed by atoms with E-state index in [1.54, 1.807) is 69.3 Å². The monoisotopic (exact) mass is 695 g/mol. The number of aryl methyl sites for hydroxylation is 1. The van der Waals surface area contributed by atoms with Gasteiger partial charge in [0.15, 0.2) is 0 Å². The number of hydrogen-bond donors (Lipinski definition) is 0. The highest BCUT2D eigenvalue weighted by Gasteiger charge is 2.13. The van der Waals surface area contributed by atoms with E-state index in [9.17, 15) is 14.4 Å². The lowest BCUT2D eigenvalue weighted by Gasteiger charge is -2.11. The van der Waals surface area contributed by atoms with Crippen molar-refractivity contribution in [1.29, 1.82) is 0 Å². The normalized spacial score (nSPS) is 10.5. The van der Waals surface area contributed by atoms with Gasteiger partial charge in [-0.25, -0.2) is 0 Å². The first-order valence-electron chi connectivity index (χ1n) is 14.5. The Bertz CT molecular complexity index is 1520. The van der Waals surface area contributed by atoms with E-state index in [0.29, 0.717) is 88.9 Å². The number of nitrogens with zero attached hydrogens (tertiary/aromatic N) is 3. The van der Waals surface area contributed by atoms with Crippen LogP contribution in [0.3, 0.4) is 0 Å². The average Bonchev–Trinajstić information content (AvgIpc) is 3.03. The molecule has 13 heteroatoms. The van der Waals surface area contributed by atoms with Crippen molar-refractivity contribution in [2.24, 2.45) is 0 Å². The van der Waals surface area contributed by atoms with Crippen LogP contribution in [-0.4, -0.2) is 60.8 Å². The fourth-order valence-electron chi connectivity index (χ4n) is 3.40. The minimum absolute atomic E-state index is 0.0158. The minimum Gasteiger partial charge on any atom is -0.493 e. The molecule has 0 radical (unpaired) electrons. The summed E-state index contributed by atoms with van der Waals surface area (Å²) < 4.78 is 23.5. The maximum absolute atomic E-state index is 11.9. The fraction of sp³-hybridized carbons (Fsp3) is 0.294. The molecule has 0 aliphatic heterocycles. The average molecular weight is 696 g/mol. The number of thioether (sulfide) groups is 3. The quantitative estimate of drug-likeness (QED) is 0.0901. The fourth-order valence-corrected chi connectivity index (χ4v) is 5.32. The Morgan fingerprint density at radius 1 is 0.617 bits per heavy atom. The predicted molar refractivity (Wildman–Crippen MR) is 189 cm³/mol. The second-order valence-electron chi connectivity index (χ2n) is 10.0. The third-order valence-electron chi connectivity index (χ3n) is 5.66. The van der Waals surface area contributed by atoms with Crippen molar-refractivity contribution >= 4 is 50.6 Å². The van der Waals surface area contributed by atoms with Crippen LogP contribution in [0.5, 0.6) is 35.0 Å². The van der Waals surface area contributed by atoms with Crippen LogP contribution in [0.2, 0.25) is 0 Å². The molecule has 1 aromatic heterocycles. The summed E-state index contributed by atoms with van der Waals surface area (Å²) in [6, 6.07) is 14.0. The molecule has 0 N–H and O–H groups in total. The maximum Gasteiger partial charge on any atom is 0.328 e. The van der Waals surface area contributed by atoms with Crippen LogP contribution in [0, 0.1) is 0 Å². The topological polar surface area (TPSA) is 127 Å². The lowest BCUT2D eigenvalue weighted by molar-refractivity contribution is -0.108. The van der Waals surface area contributed by atoms with E-state index in [-0.39, 0.29) is 27.4 Å². The molecule has 0 spiro atoms. The van der Waals surface area contributed by atoms with E-state index in [1.165, 1.54) is 11.8 Å². The molecule has 0 bridgehead atoms. The second-order valence-corrected chi connectivity index (χ2v) is 13.2. The van der Waals surface area contributed by atoms with E-state index >= 15 is 0 Å². The molecule has 1 heterocycles. The molecule has 0 amide bonds. The van der Waals surface area contributed by atoms with Crippen molar-refractivity contribution in [2.45, 2.75) is 33.6 Å². The van der Waals surface area contributed by atoms with Crippen LogP contribution >= 0.6 is 35.3 Å². The summed E-state index contributed by atoms with van der Waals surface area (Å²) in [4.78, 5) is 48.7. The predicted octanol–water partition coefficient (Wildman–Crippen LogP) is 7.65. The number of ether oxygens (including phenoxy) is 4. The molecule has 0 saturated carbocycles. The largest absolute Gasteiger partial charge is 0.493 e. The van der Waals surface area contributed by atoms with Gasteiger partial charge in [0.25, 0.3) is 0 Å². The van der Waals surface area contributed by atoms with Gasteiger partial charge in [-0.15, -0.1) is 4.98 Å². The standard InChI is InChI=1S/C34H37N3O7S3/c1-22(2)30(38)45-17-9-14-29-35-33(43-27-12-7-10-25(20-27)41-15-18-46-31(39)23(3)4)37-34(36-29)44-28-13-8-11-26(21-28)42-16-19-47-32(40)24(5)6/h7-8,10-13,20-21H,1,3,5,9,14-19H2,2,4,6H3. The molecule has 3 aromatic rings. The third kappa shape index (κ3) is 14.1. The Kier molecular flexibility index (Phi) is 15.6. The molecule has 0 saturated heterocycles. The molecular formula is C34H37N3O7S3. The first kappa shape index (κ1) is 37.4. The molecule has 0 aliphatic carbocycles. The van der Waals surface area contributed by atoms with Crippen LogP contribution in [-0.2, 0) is 20.8 Å². The van der Waals surface area contributed by atoms with Gasteiger partial charge in [0.1, 0.15) is 28.8 Å². The zero-order valence-corrected chi connectivity index (χ0v) is 29.1. The Labute approximate surface area is 287 Å². The van der Waals surface area contributed by atoms with E-state index in [0.717, 1.165) is 23.5 Å². The lowest BCUT2D eigenvalue weighted by atomic mass is 10.3. The smallest absolute Gasteiger partial charge is 0.328 e. The number of hydrogen-bond acceptors (Lipinski definition) is 13. The summed E-state index contributed by atoms with van der Waals surface area (Å²) in [6.45, 7) is 16.7. The molecule has 0 fully saturated rings. The summed E-state index contributed by atoms with van der Waals surface area (Å²) in [7, 11) is 0. The SMILES string of the molecule is C=C(C)C(=O)SCCCc1nc(Oc2cccc(OCCSC(=O)C(=C)C)c2)nc(Oc2cccc(OCCSC(=O)C(=C)C)c2)n1. The Morgan fingerprint density at radius 2 is 1.02 bits per heavy atom. The minimum atomic E-state index is -0.0688. The van der Waals surface area contributed by atoms with Gasteiger partial charge in [0.05, 0.1) is 13.2 Å². The summed E-state index contributed by atoms with van der Waals surface area (Å²) in [5.41, 5.74) is 1.49. The molecule has 248 valence electrons. The van der Waals surface area contributed by atoms with E-state index in [2.05, 4.69) is 34.7 Å². The van der Waals surface area contributed by atoms with Gasteiger partial charge in [-0.3, -0.25) is 14.4 Å². The van der Waals surface area contributed by atoms with Crippen LogP contribution in [0.15, 0.2) is 85.0 Å². The molecule has 0 unspecified atom stereocenters. The molecular weight excluding hydrogens is 659 g/mol. The number of benzene rings is 2. The molecule has 10 nitrogen and oxygen atoms in total. The molecule has 0 atom stereocenters. The van der Waals surface area contributed by atoms with Gasteiger partial charge in [0.2, 0.25) is 15.3 Å². The summed E-state index contributed by atoms with van der Waals surface area (Å²) >= 11 is 3.49. The van der Waals surface area contributed by atoms with E-state index in [1.807, 2.05) is 0 Å². The molecule has 2 aromatic carbocycles. The molecule has 3 rings (SSSR count). The van der Waals surface area contributed by atoms with E-state index in [4.69, 9.17) is 18.9 Å². The lowest BCUT2D eigenvalue weighted by Crippen LogP contribution is -2.05. The first-order valence-corrected chi connectivity index (χ1v) is 17.5. The van der Waals surface area contributed by atoms with Gasteiger partial charge in [0, 0.05) is 35.8 Å². The summed E-state index contributed by atoms with van der Waals surface area (Å²) in [5, 5.41) is -0.193. The van der Waals surface area contributed by atoms with Crippen LogP contribution < -0.4 is 18.9 Å². The molecule has 47 heavy (non-hydrogen) atoms. The highest BCUT2D eigenvalue weighted by atomic mass is 32.2. The Hall–Kier alpha value is -4.07. The van der Waals surface area contributed by atoms with Crippen molar-refractivity contribution in [3.63, 3.8) is 0 Å². The highest BCUT2D eigenvalue weighted by molar-refractivity contribution is 8.14. The zero-order chi connectivity index (χ0) is 34.2. The van der Waals surface area contributed by atoms with Gasteiger partial charge in [-0.2, -0.15) is 9.97 Å². The Morgan fingerprint density at radius 3 is 1.45 bits per heavy atom. The van der Waals surface area contributed by atoms with Gasteiger partial charge in [-0.05, 0) is 68.2 Å². The van der Waals surface area contributed by atoms with Crippen molar-refractivity contribution < 1.29 is 33.3 Å². The second kappa shape index (κ2) is 19.6. The van der Waals surface area contributed by atoms with E-state index < -0.39 is 0 Å². The Balaban J connectivity index is 1.71. The molecule has 0 aliphatic rings. The van der Waals surface area contributed by atoms with Crippen molar-refractivity contribution in [3.05, 3.63) is 90.8 Å². The van der Waals surface area contributed by atoms with Gasteiger partial charge in [-0.1, -0.05) is 67.2 Å². The summed E-state index contributed by atoms with van der Waals surface area (Å²) in [6.07, 6.45) is 1.07. The van der Waals surface area contributed by atoms with Crippen molar-refractivity contribution in [1.82, 2.24) is 15.0 Å². The number of carbonyl (C=O) groups excluding carboxylic acids is 3. The van der Waals surface area contributed by atoms with Crippen molar-refractivity contribution in [2.75, 3.05) is 30.5 Å². The highest BCUT2D eigenvalue weighted by Crippen LogP contribution is 2.28. The first-order chi connectivity index (χ1) is 22.5. The maximum atomic E-state index is 11.9. The van der Waals surface area contributed by atoms with Crippen LogP contribution in [0.1, 0.15) is 33.0 Å². The summed E-state index contributed by atoms with van der Waals surface area (Å²) in [5.74, 6) is 3.90. The third-order valence-corrected chi connectivity index (χ3v) is 8.73. The van der Waals surface area contributed by atoms with Crippen LogP contribution in [0.4, 0.5) is 0 Å². The van der Waals surface area contributed by atoms with Gasteiger partial charge >= 0.3 is 12.0 Å². The number of rotatable bonds is 19. The number of aromatic nitrogens is 3. The van der Waals surface area contributed by atoms with Crippen molar-refractivity contribution in [3.8, 4) is 35.0 Å².